The molecular weight excluding hydrogens is 597 g/mol. The zero-order valence-electron chi connectivity index (χ0n) is 24.4. The molecule has 2 aromatic carbocycles. The number of nitrogens with zero attached hydrogens (tertiary/aromatic N) is 2. The highest BCUT2D eigenvalue weighted by Crippen LogP contribution is 2.43. The molecule has 0 atom stereocenters. The normalized spacial score (nSPS) is 12.0. The highest BCUT2D eigenvalue weighted by Gasteiger charge is 2.27. The number of hydrogen-bond acceptors (Lipinski definition) is 9. The maximum atomic E-state index is 14.6. The molecule has 5 aromatic rings. The Bertz CT molecular complexity index is 1990. The molecule has 1 aliphatic rings. The van der Waals surface area contributed by atoms with E-state index < -0.39 is 23.6 Å². The number of nitrogens with one attached hydrogen (secondary N) is 2. The second-order valence-electron chi connectivity index (χ2n) is 10.3. The number of benzene rings is 2. The van der Waals surface area contributed by atoms with Crippen molar-refractivity contribution < 1.29 is 28.2 Å². The van der Waals surface area contributed by atoms with Crippen molar-refractivity contribution in [2.24, 2.45) is 0 Å². The summed E-state index contributed by atoms with van der Waals surface area (Å²) in [4.78, 5) is 49.0. The molecule has 4 N–H and O–H groups in total. The summed E-state index contributed by atoms with van der Waals surface area (Å²) in [6, 6.07) is 13.2. The standard InChI is InChI=1S/C33H28FN5O5S/c1-3-10-36-32(41)26-7-6-19(28(39-26)33(42)43-2)21-15-27-24(29-17(8-11-44-27)9-12-45-29)14-23(21)31(40)38-18-4-5-20-22(13-18)25(34)16-37-30(20)35/h4-7,9,12-16H,3,8,10-11H2,1-2H3,(H2,35,37)(H,36,41)(H,38,40). The molecule has 4 heterocycles. The van der Waals surface area contributed by atoms with Crippen LogP contribution in [0.5, 0.6) is 5.75 Å². The first-order chi connectivity index (χ1) is 21.8. The van der Waals surface area contributed by atoms with Crippen LogP contribution in [0.4, 0.5) is 15.9 Å². The average molecular weight is 626 g/mol. The highest BCUT2D eigenvalue weighted by atomic mass is 32.1. The number of rotatable bonds is 7. The average Bonchev–Trinajstić information content (AvgIpc) is 3.45. The van der Waals surface area contributed by atoms with Crippen LogP contribution in [0, 0.1) is 5.82 Å². The van der Waals surface area contributed by atoms with Crippen molar-refractivity contribution in [3.63, 3.8) is 0 Å². The number of pyridine rings is 2. The highest BCUT2D eigenvalue weighted by molar-refractivity contribution is 7.13. The molecule has 12 heteroatoms. The number of nitrogen functional groups attached to an aromatic ring is 1. The molecule has 2 amide bonds. The fraction of sp³-hybridized carbons (Fsp3) is 0.182. The number of methoxy groups -OCH3 is 1. The molecule has 6 rings (SSSR count). The van der Waals surface area contributed by atoms with Crippen molar-refractivity contribution in [1.29, 1.82) is 0 Å². The van der Waals surface area contributed by atoms with Gasteiger partial charge in [-0.1, -0.05) is 6.92 Å². The van der Waals surface area contributed by atoms with Crippen molar-refractivity contribution in [3.05, 3.63) is 88.4 Å². The molecule has 0 bridgehead atoms. The minimum absolute atomic E-state index is 0.0276. The summed E-state index contributed by atoms with van der Waals surface area (Å²) in [5, 5.41) is 8.21. The van der Waals surface area contributed by atoms with Crippen molar-refractivity contribution in [2.45, 2.75) is 19.8 Å². The minimum Gasteiger partial charge on any atom is -0.493 e. The number of esters is 1. The third-order valence-corrected chi connectivity index (χ3v) is 8.43. The van der Waals surface area contributed by atoms with Crippen molar-refractivity contribution in [3.8, 4) is 27.3 Å². The number of thiophene rings is 1. The van der Waals surface area contributed by atoms with Crippen LogP contribution in [0.25, 0.3) is 32.3 Å². The first-order valence-corrected chi connectivity index (χ1v) is 15.1. The molecule has 0 saturated carbocycles. The topological polar surface area (TPSA) is 146 Å². The van der Waals surface area contributed by atoms with Crippen LogP contribution in [0.3, 0.4) is 0 Å². The Balaban J connectivity index is 1.51. The van der Waals surface area contributed by atoms with Gasteiger partial charge in [0.2, 0.25) is 0 Å². The predicted molar refractivity (Wildman–Crippen MR) is 170 cm³/mol. The van der Waals surface area contributed by atoms with Crippen LogP contribution in [-0.2, 0) is 11.2 Å². The minimum atomic E-state index is -0.783. The molecule has 228 valence electrons. The summed E-state index contributed by atoms with van der Waals surface area (Å²) in [5.74, 6) is -1.65. The van der Waals surface area contributed by atoms with Gasteiger partial charge in [0.05, 0.1) is 19.9 Å². The maximum Gasteiger partial charge on any atom is 0.357 e. The Morgan fingerprint density at radius 1 is 1.04 bits per heavy atom. The van der Waals surface area contributed by atoms with E-state index in [1.54, 1.807) is 30.3 Å². The number of carbonyl (C=O) groups is 3. The molecular formula is C33H28FN5O5S. The van der Waals surface area contributed by atoms with Gasteiger partial charge in [0.15, 0.2) is 5.69 Å². The van der Waals surface area contributed by atoms with Crippen molar-refractivity contribution in [1.82, 2.24) is 15.3 Å². The molecule has 0 spiro atoms. The van der Waals surface area contributed by atoms with Gasteiger partial charge in [0, 0.05) is 56.6 Å². The number of amides is 2. The van der Waals surface area contributed by atoms with Crippen molar-refractivity contribution >= 4 is 51.4 Å². The van der Waals surface area contributed by atoms with E-state index in [9.17, 15) is 18.8 Å². The SMILES string of the molecule is CCCNC(=O)c1ccc(-c2cc3c(cc2C(=O)Nc2ccc4c(N)ncc(F)c4c2)-c2sccc2CCO3)c(C(=O)OC)n1. The van der Waals surface area contributed by atoms with E-state index in [4.69, 9.17) is 15.2 Å². The van der Waals surface area contributed by atoms with Crippen LogP contribution < -0.4 is 21.1 Å². The largest absolute Gasteiger partial charge is 0.493 e. The van der Waals surface area contributed by atoms with E-state index in [0.717, 1.165) is 28.6 Å². The predicted octanol–water partition coefficient (Wildman–Crippen LogP) is 5.86. The lowest BCUT2D eigenvalue weighted by Gasteiger charge is -2.17. The third kappa shape index (κ3) is 5.67. The number of halogens is 1. The van der Waals surface area contributed by atoms with Crippen molar-refractivity contribution in [2.75, 3.05) is 31.3 Å². The smallest absolute Gasteiger partial charge is 0.357 e. The molecule has 0 fully saturated rings. The zero-order valence-corrected chi connectivity index (χ0v) is 25.2. The molecule has 0 aliphatic carbocycles. The lowest BCUT2D eigenvalue weighted by Crippen LogP contribution is -2.26. The molecule has 0 saturated heterocycles. The van der Waals surface area contributed by atoms with E-state index in [1.807, 2.05) is 18.4 Å². The summed E-state index contributed by atoms with van der Waals surface area (Å²) in [7, 11) is 1.21. The van der Waals surface area contributed by atoms with E-state index in [-0.39, 0.29) is 33.7 Å². The van der Waals surface area contributed by atoms with Gasteiger partial charge < -0.3 is 25.8 Å². The second kappa shape index (κ2) is 12.3. The number of carbonyl (C=O) groups excluding carboxylic acids is 3. The van der Waals surface area contributed by atoms with Crippen LogP contribution >= 0.6 is 11.3 Å². The van der Waals surface area contributed by atoms with Crippen LogP contribution in [0.1, 0.15) is 50.2 Å². The third-order valence-electron chi connectivity index (χ3n) is 7.44. The fourth-order valence-corrected chi connectivity index (χ4v) is 6.19. The molecule has 10 nitrogen and oxygen atoms in total. The lowest BCUT2D eigenvalue weighted by molar-refractivity contribution is 0.0594. The zero-order chi connectivity index (χ0) is 31.7. The van der Waals surface area contributed by atoms with Gasteiger partial charge in [-0.3, -0.25) is 9.59 Å². The van der Waals surface area contributed by atoms with Gasteiger partial charge in [0.1, 0.15) is 23.1 Å². The van der Waals surface area contributed by atoms with Gasteiger partial charge in [-0.05, 0) is 65.9 Å². The summed E-state index contributed by atoms with van der Waals surface area (Å²) in [5.41, 5.74) is 8.73. The second-order valence-corrected chi connectivity index (χ2v) is 11.2. The summed E-state index contributed by atoms with van der Waals surface area (Å²) in [6.45, 7) is 2.78. The number of ether oxygens (including phenoxy) is 2. The summed E-state index contributed by atoms with van der Waals surface area (Å²) in [6.07, 6.45) is 2.43. The number of aromatic nitrogens is 2. The van der Waals surface area contributed by atoms with E-state index in [1.165, 1.54) is 30.6 Å². The van der Waals surface area contributed by atoms with Gasteiger partial charge >= 0.3 is 5.97 Å². The molecule has 0 unspecified atom stereocenters. The monoisotopic (exact) mass is 625 g/mol. The Kier molecular flexibility index (Phi) is 8.14. The van der Waals surface area contributed by atoms with Crippen LogP contribution in [0.15, 0.2) is 60.1 Å². The quantitative estimate of drug-likeness (QED) is 0.191. The summed E-state index contributed by atoms with van der Waals surface area (Å²) < 4.78 is 25.8. The van der Waals surface area contributed by atoms with E-state index in [2.05, 4.69) is 20.6 Å². The molecule has 0 radical (unpaired) electrons. The van der Waals surface area contributed by atoms with Gasteiger partial charge in [-0.25, -0.2) is 19.2 Å². The molecule has 1 aliphatic heterocycles. The number of fused-ring (bicyclic) bond motifs is 4. The number of anilines is 2. The van der Waals surface area contributed by atoms with Gasteiger partial charge in [0.25, 0.3) is 11.8 Å². The first-order valence-electron chi connectivity index (χ1n) is 14.2. The first kappa shape index (κ1) is 29.7. The Morgan fingerprint density at radius 3 is 2.69 bits per heavy atom. The molecule has 45 heavy (non-hydrogen) atoms. The van der Waals surface area contributed by atoms with Gasteiger partial charge in [-0.15, -0.1) is 11.3 Å². The van der Waals surface area contributed by atoms with E-state index >= 15 is 0 Å². The fourth-order valence-electron chi connectivity index (χ4n) is 5.22. The Labute approximate surface area is 261 Å². The Morgan fingerprint density at radius 2 is 1.89 bits per heavy atom. The molecule has 3 aromatic heterocycles. The summed E-state index contributed by atoms with van der Waals surface area (Å²) >= 11 is 1.53. The van der Waals surface area contributed by atoms with Gasteiger partial charge in [-0.2, -0.15) is 0 Å². The number of nitrogens with two attached hydrogens (primary N) is 1. The van der Waals surface area contributed by atoms with Crippen LogP contribution in [0.2, 0.25) is 0 Å². The Hall–Kier alpha value is -5.36. The number of hydrogen-bond donors (Lipinski definition) is 3. The van der Waals surface area contributed by atoms with Crippen LogP contribution in [-0.4, -0.2) is 48.0 Å². The lowest BCUT2D eigenvalue weighted by atomic mass is 9.93. The van der Waals surface area contributed by atoms with E-state index in [0.29, 0.717) is 42.0 Å². The maximum absolute atomic E-state index is 14.6.